The molecule has 0 saturated heterocycles. The van der Waals surface area contributed by atoms with Gasteiger partial charge < -0.3 is 18.9 Å². The van der Waals surface area contributed by atoms with Crippen molar-refractivity contribution < 1.29 is 23.7 Å². The van der Waals surface area contributed by atoms with E-state index in [1.807, 2.05) is 33.9 Å². The van der Waals surface area contributed by atoms with Crippen LogP contribution >= 0.6 is 0 Å². The van der Waals surface area contributed by atoms with Gasteiger partial charge in [0, 0.05) is 18.9 Å². The highest BCUT2D eigenvalue weighted by Gasteiger charge is 2.08. The minimum atomic E-state index is 0.0556. The zero-order chi connectivity index (χ0) is 19.2. The first kappa shape index (κ1) is 22.7. The van der Waals surface area contributed by atoms with Crippen LogP contribution in [0.2, 0.25) is 0 Å². The monoisotopic (exact) mass is 371 g/mol. The number of rotatable bonds is 16. The predicted molar refractivity (Wildman–Crippen MR) is 96.9 cm³/mol. The molecule has 1 heterocycles. The van der Waals surface area contributed by atoms with Crippen LogP contribution in [0.4, 0.5) is 0 Å². The maximum atomic E-state index is 11.6. The number of aryl methyl sites for hydroxylation is 1. The lowest BCUT2D eigenvalue weighted by molar-refractivity contribution is -0.122. The summed E-state index contributed by atoms with van der Waals surface area (Å²) >= 11 is 0. The molecule has 8 heteroatoms. The van der Waals surface area contributed by atoms with Gasteiger partial charge in [-0.25, -0.2) is 0 Å². The fourth-order valence-electron chi connectivity index (χ4n) is 1.99. The first-order valence-corrected chi connectivity index (χ1v) is 9.25. The molecule has 0 aliphatic rings. The van der Waals surface area contributed by atoms with Gasteiger partial charge in [0.2, 0.25) is 0 Å². The van der Waals surface area contributed by atoms with Crippen LogP contribution in [0.1, 0.15) is 39.8 Å². The van der Waals surface area contributed by atoms with Crippen molar-refractivity contribution >= 4 is 5.78 Å². The quantitative estimate of drug-likeness (QED) is 0.410. The van der Waals surface area contributed by atoms with E-state index < -0.39 is 0 Å². The number of aromatic nitrogens is 3. The molecule has 0 fully saturated rings. The Hall–Kier alpha value is -1.35. The molecule has 0 saturated carbocycles. The number of Topliss-reactive ketones (excluding diaryl/α,β-unsaturated/α-hetero) is 1. The summed E-state index contributed by atoms with van der Waals surface area (Å²) in [5.41, 5.74) is 0.746. The third-order valence-electron chi connectivity index (χ3n) is 3.49. The molecule has 0 aliphatic heterocycles. The van der Waals surface area contributed by atoms with Crippen LogP contribution in [-0.2, 0) is 36.9 Å². The van der Waals surface area contributed by atoms with Crippen LogP contribution in [0.3, 0.4) is 0 Å². The van der Waals surface area contributed by atoms with Crippen LogP contribution in [0, 0.1) is 5.92 Å². The number of hydrogen-bond acceptors (Lipinski definition) is 7. The van der Waals surface area contributed by atoms with Crippen molar-refractivity contribution in [2.45, 2.75) is 53.4 Å². The molecule has 0 amide bonds. The van der Waals surface area contributed by atoms with Crippen molar-refractivity contribution in [2.24, 2.45) is 5.92 Å². The van der Waals surface area contributed by atoms with Gasteiger partial charge in [0.1, 0.15) is 11.5 Å². The number of hydrogen-bond donors (Lipinski definition) is 0. The summed E-state index contributed by atoms with van der Waals surface area (Å²) in [7, 11) is 0. The van der Waals surface area contributed by atoms with Crippen molar-refractivity contribution in [3.63, 3.8) is 0 Å². The number of ketones is 1. The molecular formula is C18H33N3O5. The average Bonchev–Trinajstić information content (AvgIpc) is 3.05. The van der Waals surface area contributed by atoms with E-state index in [9.17, 15) is 4.79 Å². The van der Waals surface area contributed by atoms with Gasteiger partial charge in [-0.2, -0.15) is 0 Å². The van der Waals surface area contributed by atoms with Crippen LogP contribution < -0.4 is 0 Å². The highest BCUT2D eigenvalue weighted by Crippen LogP contribution is 2.02. The molecule has 0 bridgehead atoms. The van der Waals surface area contributed by atoms with Gasteiger partial charge in [-0.3, -0.25) is 9.48 Å². The number of ether oxygens (including phenoxy) is 4. The van der Waals surface area contributed by atoms with Crippen LogP contribution in [0.15, 0.2) is 6.20 Å². The summed E-state index contributed by atoms with van der Waals surface area (Å²) in [6, 6.07) is 0. The van der Waals surface area contributed by atoms with Crippen LogP contribution in [0.5, 0.6) is 0 Å². The van der Waals surface area contributed by atoms with E-state index in [4.69, 9.17) is 18.9 Å². The zero-order valence-electron chi connectivity index (χ0n) is 16.5. The van der Waals surface area contributed by atoms with E-state index in [-0.39, 0.29) is 17.8 Å². The van der Waals surface area contributed by atoms with E-state index >= 15 is 0 Å². The molecule has 150 valence electrons. The first-order valence-electron chi connectivity index (χ1n) is 9.25. The van der Waals surface area contributed by atoms with Crippen molar-refractivity contribution in [1.29, 1.82) is 0 Å². The zero-order valence-corrected chi connectivity index (χ0v) is 16.5. The molecule has 0 N–H and O–H groups in total. The maximum absolute atomic E-state index is 11.6. The number of nitrogens with zero attached hydrogens (tertiary/aromatic N) is 3. The molecule has 0 aliphatic carbocycles. The second kappa shape index (κ2) is 13.8. The normalized spacial score (nSPS) is 11.6. The van der Waals surface area contributed by atoms with Gasteiger partial charge in [-0.05, 0) is 13.8 Å². The number of carbonyl (C=O) groups excluding carboxylic acids is 1. The molecule has 26 heavy (non-hydrogen) atoms. The largest absolute Gasteiger partial charge is 0.377 e. The second-order valence-corrected chi connectivity index (χ2v) is 6.54. The highest BCUT2D eigenvalue weighted by molar-refractivity contribution is 5.80. The molecule has 0 unspecified atom stereocenters. The Morgan fingerprint density at radius 3 is 2.23 bits per heavy atom. The molecule has 1 rings (SSSR count). The lowest BCUT2D eigenvalue weighted by Gasteiger charge is -2.08. The summed E-state index contributed by atoms with van der Waals surface area (Å²) in [5.74, 6) is 0.284. The first-order chi connectivity index (χ1) is 12.5. The third-order valence-corrected chi connectivity index (χ3v) is 3.49. The van der Waals surface area contributed by atoms with Crippen LogP contribution in [0.25, 0.3) is 0 Å². The molecule has 1 aromatic heterocycles. The Morgan fingerprint density at radius 2 is 1.62 bits per heavy atom. The topological polar surface area (TPSA) is 84.7 Å². The minimum Gasteiger partial charge on any atom is -0.377 e. The summed E-state index contributed by atoms with van der Waals surface area (Å²) < 4.78 is 23.3. The Kier molecular flexibility index (Phi) is 12.0. The van der Waals surface area contributed by atoms with Crippen molar-refractivity contribution in [1.82, 2.24) is 15.0 Å². The summed E-state index contributed by atoms with van der Waals surface area (Å²) in [6.45, 7) is 12.0. The van der Waals surface area contributed by atoms with E-state index in [0.717, 1.165) is 5.69 Å². The van der Waals surface area contributed by atoms with Crippen LogP contribution in [-0.4, -0.2) is 66.5 Å². The minimum absolute atomic E-state index is 0.0556. The second-order valence-electron chi connectivity index (χ2n) is 6.54. The van der Waals surface area contributed by atoms with Gasteiger partial charge in [0.15, 0.2) is 0 Å². The Bertz CT molecular complexity index is 491. The van der Waals surface area contributed by atoms with Gasteiger partial charge >= 0.3 is 0 Å². The Morgan fingerprint density at radius 1 is 1.00 bits per heavy atom. The Labute approximate surface area is 156 Å². The molecule has 8 nitrogen and oxygen atoms in total. The van der Waals surface area contributed by atoms with E-state index in [2.05, 4.69) is 10.3 Å². The molecule has 1 aromatic rings. The standard InChI is InChI=1S/C18H33N3O5/c1-15(2)18(22)5-6-21-13-17(19-20-21)14-25-10-9-23-7-8-24-11-12-26-16(3)4/h13,15-16H,5-12,14H2,1-4H3. The average molecular weight is 371 g/mol. The molecule has 0 radical (unpaired) electrons. The lowest BCUT2D eigenvalue weighted by atomic mass is 10.1. The summed E-state index contributed by atoms with van der Waals surface area (Å²) in [4.78, 5) is 11.6. The fraction of sp³-hybridized carbons (Fsp3) is 0.833. The maximum Gasteiger partial charge on any atom is 0.137 e. The number of carbonyl (C=O) groups is 1. The van der Waals surface area contributed by atoms with Gasteiger partial charge in [0.25, 0.3) is 0 Å². The molecule has 0 spiro atoms. The molecule has 0 aromatic carbocycles. The predicted octanol–water partition coefficient (Wildman–Crippen LogP) is 1.87. The smallest absolute Gasteiger partial charge is 0.137 e. The van der Waals surface area contributed by atoms with E-state index in [0.29, 0.717) is 59.2 Å². The fourth-order valence-corrected chi connectivity index (χ4v) is 1.99. The highest BCUT2D eigenvalue weighted by atomic mass is 16.6. The van der Waals surface area contributed by atoms with E-state index in [1.54, 1.807) is 4.68 Å². The third kappa shape index (κ3) is 11.3. The van der Waals surface area contributed by atoms with Crippen molar-refractivity contribution in [2.75, 3.05) is 39.6 Å². The van der Waals surface area contributed by atoms with E-state index in [1.165, 1.54) is 0 Å². The summed E-state index contributed by atoms with van der Waals surface area (Å²) in [5, 5.41) is 8.03. The Balaban J connectivity index is 1.96. The van der Waals surface area contributed by atoms with Crippen molar-refractivity contribution in [3.05, 3.63) is 11.9 Å². The molecular weight excluding hydrogens is 338 g/mol. The summed E-state index contributed by atoms with van der Waals surface area (Å²) in [6.07, 6.45) is 2.51. The van der Waals surface area contributed by atoms with Gasteiger partial charge in [-0.1, -0.05) is 19.1 Å². The lowest BCUT2D eigenvalue weighted by Crippen LogP contribution is -2.13. The van der Waals surface area contributed by atoms with Crippen molar-refractivity contribution in [3.8, 4) is 0 Å². The van der Waals surface area contributed by atoms with Gasteiger partial charge in [0.05, 0.1) is 58.5 Å². The molecule has 0 atom stereocenters. The SMILES string of the molecule is CC(C)OCCOCCOCCOCc1cn(CCC(=O)C(C)C)nn1. The van der Waals surface area contributed by atoms with Gasteiger partial charge in [-0.15, -0.1) is 5.10 Å².